The van der Waals surface area contributed by atoms with Gasteiger partial charge in [0.2, 0.25) is 0 Å². The van der Waals surface area contributed by atoms with Crippen LogP contribution >= 0.6 is 11.8 Å². The molecule has 0 aliphatic carbocycles. The Balaban J connectivity index is 1.80. The van der Waals surface area contributed by atoms with Crippen molar-refractivity contribution < 1.29 is 0 Å². The summed E-state index contributed by atoms with van der Waals surface area (Å²) in [4.78, 5) is 1.39. The van der Waals surface area contributed by atoms with Crippen molar-refractivity contribution >= 4 is 11.8 Å². The van der Waals surface area contributed by atoms with Gasteiger partial charge in [-0.15, -0.1) is 11.8 Å². The van der Waals surface area contributed by atoms with Crippen LogP contribution in [-0.2, 0) is 6.42 Å². The van der Waals surface area contributed by atoms with E-state index in [2.05, 4.69) is 43.4 Å². The van der Waals surface area contributed by atoms with Crippen LogP contribution in [0.1, 0.15) is 32.3 Å². The Bertz CT molecular complexity index is 325. The van der Waals surface area contributed by atoms with Gasteiger partial charge < -0.3 is 5.32 Å². The van der Waals surface area contributed by atoms with Crippen molar-refractivity contribution in [3.63, 3.8) is 0 Å². The third-order valence-corrected chi connectivity index (χ3v) is 4.31. The maximum atomic E-state index is 3.44. The lowest BCUT2D eigenvalue weighted by Crippen LogP contribution is -2.09. The normalized spacial score (nSPS) is 20.1. The monoisotopic (exact) mass is 249 g/mol. The number of nitrogens with one attached hydrogen (secondary N) is 1. The van der Waals surface area contributed by atoms with Crippen LogP contribution in [-0.4, -0.2) is 18.3 Å². The van der Waals surface area contributed by atoms with Gasteiger partial charge in [-0.3, -0.25) is 0 Å². The fraction of sp³-hybridized carbons (Fsp3) is 0.600. The Hall–Kier alpha value is -0.470. The Kier molecular flexibility index (Phi) is 4.93. The summed E-state index contributed by atoms with van der Waals surface area (Å²) in [5.74, 6) is 0.903. The zero-order valence-corrected chi connectivity index (χ0v) is 11.7. The first-order valence-corrected chi connectivity index (χ1v) is 7.58. The van der Waals surface area contributed by atoms with E-state index in [-0.39, 0.29) is 0 Å². The second-order valence-electron chi connectivity index (χ2n) is 5.21. The standard InChI is InChI=1S/C15H23NS/c1-12(2)17-15-7-5-13(6-8-15)3-4-14-9-10-16-11-14/h5-8,12,14,16H,3-4,9-11H2,1-2H3. The van der Waals surface area contributed by atoms with E-state index in [1.807, 2.05) is 11.8 Å². The molecule has 1 saturated heterocycles. The van der Waals surface area contributed by atoms with Gasteiger partial charge in [-0.25, -0.2) is 0 Å². The highest BCUT2D eigenvalue weighted by Crippen LogP contribution is 2.24. The lowest BCUT2D eigenvalue weighted by Gasteiger charge is -2.09. The second-order valence-corrected chi connectivity index (χ2v) is 6.86. The average Bonchev–Trinajstić information content (AvgIpc) is 2.80. The molecule has 0 bridgehead atoms. The van der Waals surface area contributed by atoms with Crippen LogP contribution in [0, 0.1) is 5.92 Å². The Morgan fingerprint density at radius 1 is 1.29 bits per heavy atom. The Labute approximate surface area is 109 Å². The highest BCUT2D eigenvalue weighted by Gasteiger charge is 2.13. The van der Waals surface area contributed by atoms with Gasteiger partial charge in [-0.1, -0.05) is 26.0 Å². The second kappa shape index (κ2) is 6.46. The fourth-order valence-electron chi connectivity index (χ4n) is 2.34. The van der Waals surface area contributed by atoms with Gasteiger partial charge in [0, 0.05) is 10.1 Å². The van der Waals surface area contributed by atoms with E-state index in [0.29, 0.717) is 5.25 Å². The SMILES string of the molecule is CC(C)Sc1ccc(CCC2CCNC2)cc1. The molecule has 17 heavy (non-hydrogen) atoms. The molecule has 1 N–H and O–H groups in total. The van der Waals surface area contributed by atoms with Crippen LogP contribution in [0.3, 0.4) is 0 Å². The van der Waals surface area contributed by atoms with Gasteiger partial charge in [0.05, 0.1) is 0 Å². The molecule has 1 aliphatic heterocycles. The molecule has 1 aromatic rings. The molecule has 0 amide bonds. The molecule has 1 fully saturated rings. The summed E-state index contributed by atoms with van der Waals surface area (Å²) in [7, 11) is 0. The topological polar surface area (TPSA) is 12.0 Å². The van der Waals surface area contributed by atoms with Crippen molar-refractivity contribution in [2.75, 3.05) is 13.1 Å². The summed E-state index contributed by atoms with van der Waals surface area (Å²) in [5, 5.41) is 4.11. The molecule has 0 aromatic heterocycles. The maximum Gasteiger partial charge on any atom is 0.00747 e. The highest BCUT2D eigenvalue weighted by molar-refractivity contribution is 7.99. The van der Waals surface area contributed by atoms with Gasteiger partial charge in [0.25, 0.3) is 0 Å². The van der Waals surface area contributed by atoms with E-state index in [0.717, 1.165) is 5.92 Å². The van der Waals surface area contributed by atoms with Gasteiger partial charge in [-0.2, -0.15) is 0 Å². The summed E-state index contributed by atoms with van der Waals surface area (Å²) >= 11 is 1.94. The van der Waals surface area contributed by atoms with Crippen molar-refractivity contribution in [1.29, 1.82) is 0 Å². The van der Waals surface area contributed by atoms with E-state index in [9.17, 15) is 0 Å². The number of thioether (sulfide) groups is 1. The van der Waals surface area contributed by atoms with Crippen LogP contribution in [0.25, 0.3) is 0 Å². The van der Waals surface area contributed by atoms with Gasteiger partial charge in [0.1, 0.15) is 0 Å². The molecule has 2 heteroatoms. The minimum Gasteiger partial charge on any atom is -0.316 e. The quantitative estimate of drug-likeness (QED) is 0.798. The minimum atomic E-state index is 0.672. The Morgan fingerprint density at radius 3 is 2.65 bits per heavy atom. The molecule has 1 heterocycles. The summed E-state index contributed by atoms with van der Waals surface area (Å²) in [6.07, 6.45) is 3.93. The smallest absolute Gasteiger partial charge is 0.00747 e. The molecule has 0 saturated carbocycles. The van der Waals surface area contributed by atoms with Crippen LogP contribution in [0.5, 0.6) is 0 Å². The van der Waals surface area contributed by atoms with E-state index < -0.39 is 0 Å². The molecule has 1 nitrogen and oxygen atoms in total. The molecule has 1 unspecified atom stereocenters. The number of rotatable bonds is 5. The molecule has 2 rings (SSSR count). The van der Waals surface area contributed by atoms with Gasteiger partial charge >= 0.3 is 0 Å². The molecule has 0 radical (unpaired) electrons. The highest BCUT2D eigenvalue weighted by atomic mass is 32.2. The average molecular weight is 249 g/mol. The van der Waals surface area contributed by atoms with Crippen LogP contribution < -0.4 is 5.32 Å². The number of aryl methyl sites for hydroxylation is 1. The van der Waals surface area contributed by atoms with Gasteiger partial charge in [-0.05, 0) is 56.0 Å². The summed E-state index contributed by atoms with van der Waals surface area (Å²) in [5.41, 5.74) is 1.49. The van der Waals surface area contributed by atoms with Crippen molar-refractivity contribution in [2.24, 2.45) is 5.92 Å². The van der Waals surface area contributed by atoms with E-state index >= 15 is 0 Å². The first-order chi connectivity index (χ1) is 8.24. The minimum absolute atomic E-state index is 0.672. The molecule has 1 atom stereocenters. The molecular formula is C15H23NS. The summed E-state index contributed by atoms with van der Waals surface area (Å²) in [6, 6.07) is 9.14. The third-order valence-electron chi connectivity index (χ3n) is 3.30. The summed E-state index contributed by atoms with van der Waals surface area (Å²) in [6.45, 7) is 6.92. The third kappa shape index (κ3) is 4.36. The number of hydrogen-bond acceptors (Lipinski definition) is 2. The first kappa shape index (κ1) is 13.0. The fourth-order valence-corrected chi connectivity index (χ4v) is 3.18. The molecular weight excluding hydrogens is 226 g/mol. The maximum absolute atomic E-state index is 3.44. The zero-order chi connectivity index (χ0) is 12.1. The van der Waals surface area contributed by atoms with Crippen LogP contribution in [0.4, 0.5) is 0 Å². The predicted molar refractivity (Wildman–Crippen MR) is 76.7 cm³/mol. The lowest BCUT2D eigenvalue weighted by molar-refractivity contribution is 0.533. The number of hydrogen-bond donors (Lipinski definition) is 1. The van der Waals surface area contributed by atoms with Crippen molar-refractivity contribution in [3.05, 3.63) is 29.8 Å². The lowest BCUT2D eigenvalue weighted by atomic mass is 9.99. The number of benzene rings is 1. The molecule has 1 aromatic carbocycles. The van der Waals surface area contributed by atoms with E-state index in [1.54, 1.807) is 0 Å². The largest absolute Gasteiger partial charge is 0.316 e. The van der Waals surface area contributed by atoms with Crippen molar-refractivity contribution in [3.8, 4) is 0 Å². The van der Waals surface area contributed by atoms with Crippen LogP contribution in [0.15, 0.2) is 29.2 Å². The first-order valence-electron chi connectivity index (χ1n) is 6.70. The zero-order valence-electron chi connectivity index (χ0n) is 10.9. The Morgan fingerprint density at radius 2 is 2.06 bits per heavy atom. The van der Waals surface area contributed by atoms with E-state index in [4.69, 9.17) is 0 Å². The van der Waals surface area contributed by atoms with E-state index in [1.165, 1.54) is 42.8 Å². The van der Waals surface area contributed by atoms with Gasteiger partial charge in [0.15, 0.2) is 0 Å². The van der Waals surface area contributed by atoms with Crippen molar-refractivity contribution in [2.45, 2.75) is 43.3 Å². The molecule has 0 spiro atoms. The molecule has 1 aliphatic rings. The molecule has 94 valence electrons. The summed E-state index contributed by atoms with van der Waals surface area (Å²) < 4.78 is 0. The van der Waals surface area contributed by atoms with Crippen molar-refractivity contribution in [1.82, 2.24) is 5.32 Å². The predicted octanol–water partition coefficient (Wildman–Crippen LogP) is 3.73. The van der Waals surface area contributed by atoms with Crippen LogP contribution in [0.2, 0.25) is 0 Å².